The predicted molar refractivity (Wildman–Crippen MR) is 123 cm³/mol. The van der Waals surface area contributed by atoms with Gasteiger partial charge in [-0.15, -0.1) is 11.8 Å². The van der Waals surface area contributed by atoms with Gasteiger partial charge in [-0.1, -0.05) is 30.3 Å². The van der Waals surface area contributed by atoms with Crippen molar-refractivity contribution in [2.45, 2.75) is 23.2 Å². The zero-order valence-corrected chi connectivity index (χ0v) is 18.5. The van der Waals surface area contributed by atoms with E-state index in [-0.39, 0.29) is 16.8 Å². The molecule has 0 heterocycles. The fraction of sp³-hybridized carbons (Fsp3) is 0.125. The van der Waals surface area contributed by atoms with E-state index in [1.54, 1.807) is 37.3 Å². The van der Waals surface area contributed by atoms with Gasteiger partial charge < -0.3 is 15.7 Å². The Labute approximate surface area is 197 Å². The van der Waals surface area contributed by atoms with E-state index in [2.05, 4.69) is 10.6 Å². The van der Waals surface area contributed by atoms with E-state index in [1.165, 1.54) is 36.4 Å². The Hall–Kier alpha value is -3.79. The molecule has 3 aromatic rings. The van der Waals surface area contributed by atoms with E-state index >= 15 is 0 Å². The predicted octanol–water partition coefficient (Wildman–Crippen LogP) is 5.78. The van der Waals surface area contributed by atoms with Crippen LogP contribution in [0.1, 0.15) is 33.2 Å². The number of carboxylic acid groups (broad SMARTS) is 1. The van der Waals surface area contributed by atoms with Gasteiger partial charge in [0.15, 0.2) is 0 Å². The lowest BCUT2D eigenvalue weighted by atomic mass is 10.1. The van der Waals surface area contributed by atoms with Gasteiger partial charge in [-0.25, -0.2) is 4.79 Å². The summed E-state index contributed by atoms with van der Waals surface area (Å²) in [4.78, 5) is 37.0. The van der Waals surface area contributed by atoms with Crippen molar-refractivity contribution in [1.29, 1.82) is 0 Å². The van der Waals surface area contributed by atoms with Crippen molar-refractivity contribution in [1.82, 2.24) is 0 Å². The number of thioether (sulfide) groups is 1. The minimum absolute atomic E-state index is 0.0101. The zero-order valence-electron chi connectivity index (χ0n) is 17.7. The van der Waals surface area contributed by atoms with Crippen LogP contribution in [0.4, 0.5) is 24.5 Å². The molecule has 0 aliphatic carbocycles. The fourth-order valence-electron chi connectivity index (χ4n) is 3.04. The zero-order chi connectivity index (χ0) is 24.9. The summed E-state index contributed by atoms with van der Waals surface area (Å²) in [5.41, 5.74) is -1.05. The van der Waals surface area contributed by atoms with Gasteiger partial charge in [0.2, 0.25) is 5.91 Å². The summed E-state index contributed by atoms with van der Waals surface area (Å²) < 4.78 is 39.5. The van der Waals surface area contributed by atoms with Crippen molar-refractivity contribution in [2.75, 3.05) is 10.6 Å². The minimum atomic E-state index is -4.61. The molecule has 3 rings (SSSR count). The van der Waals surface area contributed by atoms with Gasteiger partial charge in [0.05, 0.1) is 27.6 Å². The number of alkyl halides is 3. The maximum atomic E-state index is 13.2. The van der Waals surface area contributed by atoms with Crippen LogP contribution in [0.5, 0.6) is 0 Å². The van der Waals surface area contributed by atoms with Gasteiger partial charge in [-0.05, 0) is 49.4 Å². The largest absolute Gasteiger partial charge is 0.478 e. The number of carbonyl (C=O) groups excluding carboxylic acids is 2. The number of benzene rings is 3. The number of carbonyl (C=O) groups is 3. The topological polar surface area (TPSA) is 95.5 Å². The molecule has 1 unspecified atom stereocenters. The average molecular weight is 488 g/mol. The van der Waals surface area contributed by atoms with Crippen molar-refractivity contribution < 1.29 is 32.7 Å². The summed E-state index contributed by atoms with van der Waals surface area (Å²) in [7, 11) is 0. The van der Waals surface area contributed by atoms with E-state index in [0.29, 0.717) is 10.6 Å². The first-order valence-corrected chi connectivity index (χ1v) is 10.8. The van der Waals surface area contributed by atoms with Crippen LogP contribution in [-0.2, 0) is 11.0 Å². The molecule has 10 heteroatoms. The monoisotopic (exact) mass is 488 g/mol. The van der Waals surface area contributed by atoms with Crippen molar-refractivity contribution in [3.63, 3.8) is 0 Å². The van der Waals surface area contributed by atoms with E-state index in [1.807, 2.05) is 0 Å². The van der Waals surface area contributed by atoms with Crippen LogP contribution in [0.15, 0.2) is 77.7 Å². The molecule has 176 valence electrons. The lowest BCUT2D eigenvalue weighted by Gasteiger charge is -2.16. The number of amides is 2. The number of anilines is 2. The summed E-state index contributed by atoms with van der Waals surface area (Å²) >= 11 is 1.09. The second kappa shape index (κ2) is 10.4. The molecule has 0 fully saturated rings. The highest BCUT2D eigenvalue weighted by Crippen LogP contribution is 2.35. The molecule has 6 nitrogen and oxygen atoms in total. The molecule has 2 amide bonds. The van der Waals surface area contributed by atoms with Gasteiger partial charge >= 0.3 is 12.1 Å². The van der Waals surface area contributed by atoms with E-state index in [0.717, 1.165) is 17.8 Å². The summed E-state index contributed by atoms with van der Waals surface area (Å²) in [6.45, 7) is 1.55. The van der Waals surface area contributed by atoms with Gasteiger partial charge in [-0.3, -0.25) is 9.59 Å². The third-order valence-electron chi connectivity index (χ3n) is 4.67. The number of carboxylic acids is 1. The third kappa shape index (κ3) is 6.16. The Bertz CT molecular complexity index is 1230. The smallest absolute Gasteiger partial charge is 0.418 e. The molecule has 0 saturated carbocycles. The van der Waals surface area contributed by atoms with Crippen molar-refractivity contribution in [2.24, 2.45) is 0 Å². The van der Waals surface area contributed by atoms with Gasteiger partial charge in [0.1, 0.15) is 0 Å². The summed E-state index contributed by atoms with van der Waals surface area (Å²) in [5.74, 6) is -2.47. The highest BCUT2D eigenvalue weighted by atomic mass is 32.2. The normalized spacial score (nSPS) is 12.0. The molecule has 0 bridgehead atoms. The number of nitrogens with one attached hydrogen (secondary N) is 2. The van der Waals surface area contributed by atoms with E-state index in [9.17, 15) is 32.7 Å². The van der Waals surface area contributed by atoms with Crippen molar-refractivity contribution in [3.05, 3.63) is 89.5 Å². The molecule has 0 spiro atoms. The van der Waals surface area contributed by atoms with Crippen LogP contribution < -0.4 is 10.6 Å². The van der Waals surface area contributed by atoms with E-state index < -0.39 is 34.8 Å². The lowest BCUT2D eigenvalue weighted by Crippen LogP contribution is -2.24. The number of hydrogen-bond donors (Lipinski definition) is 3. The maximum Gasteiger partial charge on any atom is 0.418 e. The molecular weight excluding hydrogens is 469 g/mol. The molecule has 0 saturated heterocycles. The number of aromatic carboxylic acids is 1. The number of para-hydroxylation sites is 1. The SMILES string of the molecule is CC(Sc1cccc(NC(=O)c2ccccc2C(=O)O)c1)C(=O)Nc1ccccc1C(F)(F)F. The molecule has 0 aliphatic heterocycles. The first-order chi connectivity index (χ1) is 16.1. The molecule has 34 heavy (non-hydrogen) atoms. The van der Waals surface area contributed by atoms with Gasteiger partial charge in [-0.2, -0.15) is 13.2 Å². The minimum Gasteiger partial charge on any atom is -0.478 e. The fourth-order valence-corrected chi connectivity index (χ4v) is 3.97. The quantitative estimate of drug-likeness (QED) is 0.367. The van der Waals surface area contributed by atoms with Crippen molar-refractivity contribution >= 4 is 40.9 Å². The molecule has 0 radical (unpaired) electrons. The van der Waals surface area contributed by atoms with Gasteiger partial charge in [0, 0.05) is 10.6 Å². The second-order valence-electron chi connectivity index (χ2n) is 7.13. The van der Waals surface area contributed by atoms with E-state index in [4.69, 9.17) is 0 Å². The Balaban J connectivity index is 1.69. The van der Waals surface area contributed by atoms with Crippen LogP contribution in [-0.4, -0.2) is 28.1 Å². The Kier molecular flexibility index (Phi) is 7.62. The Morgan fingerprint density at radius 3 is 2.21 bits per heavy atom. The molecule has 0 aliphatic rings. The lowest BCUT2D eigenvalue weighted by molar-refractivity contribution is -0.137. The average Bonchev–Trinajstić information content (AvgIpc) is 2.78. The standard InChI is InChI=1S/C24H19F3N2O4S/c1-14(21(30)29-20-12-5-4-11-19(20)24(25,26)27)34-16-8-6-7-15(13-16)28-22(31)17-9-2-3-10-18(17)23(32)33/h2-14H,1H3,(H,28,31)(H,29,30)(H,32,33). The molecule has 3 N–H and O–H groups in total. The van der Waals surface area contributed by atoms with Crippen molar-refractivity contribution in [3.8, 4) is 0 Å². The van der Waals surface area contributed by atoms with Gasteiger partial charge in [0.25, 0.3) is 5.91 Å². The molecular formula is C24H19F3N2O4S. The second-order valence-corrected chi connectivity index (χ2v) is 8.54. The highest BCUT2D eigenvalue weighted by molar-refractivity contribution is 8.00. The van der Waals surface area contributed by atoms with Crippen LogP contribution in [0, 0.1) is 0 Å². The third-order valence-corrected chi connectivity index (χ3v) is 5.76. The highest BCUT2D eigenvalue weighted by Gasteiger charge is 2.34. The maximum absolute atomic E-state index is 13.2. The molecule has 1 atom stereocenters. The summed E-state index contributed by atoms with van der Waals surface area (Å²) in [5, 5.41) is 13.4. The van der Waals surface area contributed by atoms with Crippen LogP contribution >= 0.6 is 11.8 Å². The Morgan fingerprint density at radius 2 is 1.53 bits per heavy atom. The molecule has 0 aromatic heterocycles. The Morgan fingerprint density at radius 1 is 0.882 bits per heavy atom. The number of hydrogen-bond acceptors (Lipinski definition) is 4. The van der Waals surface area contributed by atoms with Crippen LogP contribution in [0.25, 0.3) is 0 Å². The number of halogens is 3. The molecule has 3 aromatic carbocycles. The summed E-state index contributed by atoms with van der Waals surface area (Å²) in [6.07, 6.45) is -4.61. The number of rotatable bonds is 7. The first kappa shape index (κ1) is 24.8. The first-order valence-electron chi connectivity index (χ1n) is 9.93. The van der Waals surface area contributed by atoms with Crippen LogP contribution in [0.3, 0.4) is 0 Å². The summed E-state index contributed by atoms with van der Waals surface area (Å²) in [6, 6.07) is 17.0. The van der Waals surface area contributed by atoms with Crippen LogP contribution in [0.2, 0.25) is 0 Å².